The second-order valence-corrected chi connectivity index (χ2v) is 19.6. The van der Waals surface area contributed by atoms with Crippen molar-refractivity contribution in [3.63, 3.8) is 0 Å². The van der Waals surface area contributed by atoms with Crippen LogP contribution in [0.5, 0.6) is 0 Å². The van der Waals surface area contributed by atoms with Gasteiger partial charge in [0.2, 0.25) is 5.36 Å². The lowest BCUT2D eigenvalue weighted by atomic mass is 9.89. The molecule has 3 aliphatic rings. The minimum absolute atomic E-state index is 0.0460. The van der Waals surface area contributed by atoms with Gasteiger partial charge < -0.3 is 19.7 Å². The van der Waals surface area contributed by atoms with Gasteiger partial charge in [0.25, 0.3) is 5.91 Å². The molecule has 0 aromatic heterocycles. The normalized spacial score (nSPS) is 15.1. The molecule has 0 radical (unpaired) electrons. The van der Waals surface area contributed by atoms with Gasteiger partial charge in [0.05, 0.1) is 11.6 Å². The Balaban J connectivity index is 1.14. The van der Waals surface area contributed by atoms with Crippen LogP contribution in [0.4, 0.5) is 5.69 Å². The standard InChI is InChI=1S/C46H51N3O4S2/c1-30(32-12-10-31(11-13-32)27-55-28-45(2,3)20-21-46(4,5)29-55)54-23-22-47-43(50)33-14-17-36(39(24-33)44(51)52)42-37-18-15-34(48(6)7)25-40(37)53-41-26-35(49(8)9)16-19-38(41)42/h10-21,24-26H,1,22-23,27-29H2,2-9H3/p+2. The number of hydrogen-bond donors (Lipinski definition) is 2. The van der Waals surface area contributed by atoms with Crippen molar-refractivity contribution in [1.82, 2.24) is 9.89 Å². The molecule has 0 unspecified atom stereocenters. The average Bonchev–Trinajstić information content (AvgIpc) is 3.24. The van der Waals surface area contributed by atoms with E-state index in [4.69, 9.17) is 4.42 Å². The fraction of sp³-hybridized carbons (Fsp3) is 0.326. The van der Waals surface area contributed by atoms with E-state index >= 15 is 0 Å². The Labute approximate surface area is 332 Å². The average molecular weight is 776 g/mol. The van der Waals surface area contributed by atoms with E-state index in [1.807, 2.05) is 74.1 Å². The lowest BCUT2D eigenvalue weighted by Gasteiger charge is -2.20. The molecule has 6 rings (SSSR count). The molecule has 286 valence electrons. The van der Waals surface area contributed by atoms with E-state index in [1.54, 1.807) is 23.9 Å². The fourth-order valence-electron chi connectivity index (χ4n) is 7.09. The maximum atomic E-state index is 13.3. The molecule has 3 aromatic rings. The summed E-state index contributed by atoms with van der Waals surface area (Å²) in [7, 11) is 8.16. The largest absolute Gasteiger partial charge is 0.478 e. The number of rotatable bonds is 11. The van der Waals surface area contributed by atoms with Crippen LogP contribution < -0.4 is 20.1 Å². The molecule has 9 heteroatoms. The predicted octanol–water partition coefficient (Wildman–Crippen LogP) is 8.88. The van der Waals surface area contributed by atoms with Crippen LogP contribution in [0.1, 0.15) is 59.5 Å². The summed E-state index contributed by atoms with van der Waals surface area (Å²) in [4.78, 5) is 29.1. The Morgan fingerprint density at radius 3 is 2.18 bits per heavy atom. The Bertz CT molecular complexity index is 2310. The molecule has 7 nitrogen and oxygen atoms in total. The molecule has 0 spiro atoms. The van der Waals surface area contributed by atoms with Crippen molar-refractivity contribution < 1.29 is 19.1 Å². The number of carboxylic acids is 1. The van der Waals surface area contributed by atoms with Crippen molar-refractivity contribution in [2.75, 3.05) is 56.9 Å². The molecule has 2 heterocycles. The summed E-state index contributed by atoms with van der Waals surface area (Å²) >= 11 is 1.60. The lowest BCUT2D eigenvalue weighted by molar-refractivity contribution is 0.0697. The van der Waals surface area contributed by atoms with Gasteiger partial charge in [-0.25, -0.2) is 9.37 Å². The number of amides is 1. The van der Waals surface area contributed by atoms with Crippen molar-refractivity contribution in [1.29, 1.82) is 0 Å². The Kier molecular flexibility index (Phi) is 11.7. The van der Waals surface area contributed by atoms with Crippen LogP contribution in [0.25, 0.3) is 38.3 Å². The smallest absolute Gasteiger partial charge is 0.336 e. The van der Waals surface area contributed by atoms with E-state index < -0.39 is 5.97 Å². The number of nitrogens with one attached hydrogen (secondary N) is 1. The van der Waals surface area contributed by atoms with E-state index in [2.05, 4.69) is 76.0 Å². The van der Waals surface area contributed by atoms with Gasteiger partial charge >= 0.3 is 5.97 Å². The first-order valence-corrected chi connectivity index (χ1v) is 21.3. The Hall–Kier alpha value is -4.73. The number of thioether (sulfide) groups is 1. The van der Waals surface area contributed by atoms with Gasteiger partial charge in [-0.1, -0.05) is 76.8 Å². The second-order valence-electron chi connectivity index (χ2n) is 16.3. The van der Waals surface area contributed by atoms with Crippen LogP contribution in [0.3, 0.4) is 0 Å². The third kappa shape index (κ3) is 9.39. The number of hydrogen-bond acceptors (Lipinski definition) is 5. The zero-order valence-electron chi connectivity index (χ0n) is 33.3. The first kappa shape index (κ1) is 39.9. The summed E-state index contributed by atoms with van der Waals surface area (Å²) in [6, 6.07) is 25.5. The van der Waals surface area contributed by atoms with E-state index in [9.17, 15) is 14.7 Å². The maximum Gasteiger partial charge on any atom is 0.336 e. The van der Waals surface area contributed by atoms with E-state index in [1.165, 1.54) is 23.1 Å². The quantitative estimate of drug-likeness (QED) is 0.0459. The highest BCUT2D eigenvalue weighted by Gasteiger charge is 2.37. The summed E-state index contributed by atoms with van der Waals surface area (Å²) < 4.78 is 8.42. The first-order valence-electron chi connectivity index (χ1n) is 18.6. The van der Waals surface area contributed by atoms with Crippen LogP contribution in [0.15, 0.2) is 102 Å². The molecular formula is C46H53N3O4S2+2. The van der Waals surface area contributed by atoms with E-state index in [-0.39, 0.29) is 27.9 Å². The van der Waals surface area contributed by atoms with Gasteiger partial charge in [0, 0.05) is 87.6 Å². The predicted molar refractivity (Wildman–Crippen MR) is 234 cm³/mol. The third-order valence-electron chi connectivity index (χ3n) is 9.95. The molecular weight excluding hydrogens is 723 g/mol. The first-order chi connectivity index (χ1) is 26.0. The van der Waals surface area contributed by atoms with Crippen molar-refractivity contribution in [3.05, 3.63) is 125 Å². The molecule has 2 aliphatic heterocycles. The number of fused-ring (bicyclic) bond motifs is 2. The number of benzene rings is 4. The van der Waals surface area contributed by atoms with Gasteiger partial charge in [0.1, 0.15) is 42.7 Å². The number of nitrogens with zero attached hydrogens (tertiary/aromatic N) is 2. The molecule has 1 aliphatic carbocycles. The van der Waals surface area contributed by atoms with E-state index in [0.29, 0.717) is 40.1 Å². The third-order valence-corrected chi connectivity index (χ3v) is 14.0. The maximum absolute atomic E-state index is 13.3. The molecule has 0 fully saturated rings. The fourth-order valence-corrected chi connectivity index (χ4v) is 11.1. The SMILES string of the molecule is C=C(SCCNC(=O)c1ccc(-c2c3ccc(=[N+](C)C)cc-3oc3cc(N(C)C)ccc23)c(C(=O)O)c1)c1ccc(C[S+]2CC(C)(C)C=CC(C)(C)C2)cc1. The molecule has 0 bridgehead atoms. The van der Waals surface area contributed by atoms with Crippen molar-refractivity contribution >= 4 is 56.1 Å². The van der Waals surface area contributed by atoms with Crippen molar-refractivity contribution in [3.8, 4) is 22.5 Å². The number of carbonyl (C=O) groups is 2. The van der Waals surface area contributed by atoms with Crippen LogP contribution in [0.2, 0.25) is 0 Å². The Morgan fingerprint density at radius 2 is 1.55 bits per heavy atom. The zero-order chi connectivity index (χ0) is 39.7. The number of allylic oxidation sites excluding steroid dienone is 2. The van der Waals surface area contributed by atoms with Gasteiger partial charge in [0.15, 0.2) is 0 Å². The molecule has 0 saturated heterocycles. The summed E-state index contributed by atoms with van der Waals surface area (Å²) in [6.45, 7) is 14.1. The van der Waals surface area contributed by atoms with Crippen LogP contribution in [-0.2, 0) is 16.6 Å². The lowest BCUT2D eigenvalue weighted by Crippen LogP contribution is -2.28. The van der Waals surface area contributed by atoms with Crippen molar-refractivity contribution in [2.45, 2.75) is 33.4 Å². The summed E-state index contributed by atoms with van der Waals surface area (Å²) in [5, 5.41) is 15.2. The number of carboxylic acid groups (broad SMARTS) is 1. The van der Waals surface area contributed by atoms with Crippen molar-refractivity contribution in [2.24, 2.45) is 10.8 Å². The second kappa shape index (κ2) is 16.2. The topological polar surface area (TPSA) is 85.8 Å². The monoisotopic (exact) mass is 775 g/mol. The summed E-state index contributed by atoms with van der Waals surface area (Å²) in [5.41, 5.74) is 6.86. The molecule has 0 saturated carbocycles. The zero-order valence-corrected chi connectivity index (χ0v) is 34.9. The highest BCUT2D eigenvalue weighted by atomic mass is 32.2. The van der Waals surface area contributed by atoms with Crippen LogP contribution >= 0.6 is 11.8 Å². The number of carbonyl (C=O) groups excluding carboxylic acids is 1. The summed E-state index contributed by atoms with van der Waals surface area (Å²) in [5.74, 6) is 3.34. The minimum atomic E-state index is -1.11. The number of anilines is 1. The highest BCUT2D eigenvalue weighted by Crippen LogP contribution is 2.42. The molecule has 1 amide bonds. The van der Waals surface area contributed by atoms with Gasteiger partial charge in [-0.3, -0.25) is 4.79 Å². The van der Waals surface area contributed by atoms with Gasteiger partial charge in [-0.2, -0.15) is 0 Å². The highest BCUT2D eigenvalue weighted by molar-refractivity contribution is 8.08. The minimum Gasteiger partial charge on any atom is -0.478 e. The van der Waals surface area contributed by atoms with Gasteiger partial charge in [-0.05, 0) is 52.4 Å². The number of aromatic carboxylic acids is 1. The molecule has 3 aromatic carbocycles. The Morgan fingerprint density at radius 1 is 0.891 bits per heavy atom. The molecule has 2 N–H and O–H groups in total. The van der Waals surface area contributed by atoms with Crippen LogP contribution in [-0.4, -0.2) is 69.0 Å². The molecule has 0 atom stereocenters. The molecule has 55 heavy (non-hydrogen) atoms. The van der Waals surface area contributed by atoms with Gasteiger partial charge in [-0.15, -0.1) is 11.8 Å². The van der Waals surface area contributed by atoms with Crippen LogP contribution in [0, 0.1) is 10.8 Å². The summed E-state index contributed by atoms with van der Waals surface area (Å²) in [6.07, 6.45) is 4.81. The van der Waals surface area contributed by atoms with E-state index in [0.717, 1.165) is 43.8 Å².